The summed E-state index contributed by atoms with van der Waals surface area (Å²) in [6.45, 7) is 4.47. The molecular weight excluding hydrogens is 194 g/mol. The summed E-state index contributed by atoms with van der Waals surface area (Å²) in [7, 11) is 0. The zero-order chi connectivity index (χ0) is 11.3. The molecule has 1 atom stereocenters. The van der Waals surface area contributed by atoms with Crippen LogP contribution in [0.2, 0.25) is 0 Å². The molecule has 0 radical (unpaired) electrons. The predicted molar refractivity (Wildman–Crippen MR) is 57.5 cm³/mol. The molecule has 15 heavy (non-hydrogen) atoms. The Bertz CT molecular complexity index is 241. The molecule has 0 aromatic rings. The van der Waals surface area contributed by atoms with Gasteiger partial charge in [0.05, 0.1) is 0 Å². The minimum absolute atomic E-state index is 0.0774. The van der Waals surface area contributed by atoms with Crippen molar-refractivity contribution >= 4 is 11.9 Å². The zero-order valence-electron chi connectivity index (χ0n) is 9.30. The van der Waals surface area contributed by atoms with Crippen molar-refractivity contribution < 1.29 is 9.59 Å². The third-order valence-corrected chi connectivity index (χ3v) is 2.26. The van der Waals surface area contributed by atoms with E-state index in [0.29, 0.717) is 6.54 Å². The molecule has 3 amide bonds. The van der Waals surface area contributed by atoms with Crippen molar-refractivity contribution in [1.82, 2.24) is 16.0 Å². The molecule has 5 heteroatoms. The highest BCUT2D eigenvalue weighted by Crippen LogP contribution is 2.04. The summed E-state index contributed by atoms with van der Waals surface area (Å²) in [5.41, 5.74) is 0. The van der Waals surface area contributed by atoms with Crippen LogP contribution in [0, 0.1) is 0 Å². The molecule has 5 nitrogen and oxygen atoms in total. The van der Waals surface area contributed by atoms with E-state index in [0.717, 1.165) is 19.3 Å². The Labute approximate surface area is 90.0 Å². The van der Waals surface area contributed by atoms with Gasteiger partial charge in [0.2, 0.25) is 5.91 Å². The molecule has 0 spiro atoms. The lowest BCUT2D eigenvalue weighted by Crippen LogP contribution is -2.50. The molecule has 0 aromatic carbocycles. The van der Waals surface area contributed by atoms with Crippen LogP contribution in [-0.2, 0) is 4.79 Å². The van der Waals surface area contributed by atoms with Gasteiger partial charge in [0, 0.05) is 12.6 Å². The van der Waals surface area contributed by atoms with Crippen LogP contribution in [0.3, 0.4) is 0 Å². The fraction of sp³-hybridized carbons (Fsp3) is 0.800. The Morgan fingerprint density at radius 1 is 1.47 bits per heavy atom. The highest BCUT2D eigenvalue weighted by atomic mass is 16.2. The van der Waals surface area contributed by atoms with E-state index in [9.17, 15) is 9.59 Å². The summed E-state index contributed by atoms with van der Waals surface area (Å²) < 4.78 is 0. The normalized spacial score (nSPS) is 21.8. The average Bonchev–Trinajstić information content (AvgIpc) is 2.30. The number of rotatable bonds is 2. The van der Waals surface area contributed by atoms with E-state index >= 15 is 0 Å². The van der Waals surface area contributed by atoms with E-state index in [1.165, 1.54) is 0 Å². The highest BCUT2D eigenvalue weighted by molar-refractivity contribution is 5.87. The Morgan fingerprint density at radius 2 is 2.20 bits per heavy atom. The quantitative estimate of drug-likeness (QED) is 0.620. The van der Waals surface area contributed by atoms with E-state index < -0.39 is 0 Å². The Hall–Kier alpha value is -1.26. The van der Waals surface area contributed by atoms with E-state index in [-0.39, 0.29) is 24.0 Å². The first-order chi connectivity index (χ1) is 7.09. The number of hydrogen-bond acceptors (Lipinski definition) is 2. The fourth-order valence-electron chi connectivity index (χ4n) is 1.54. The summed E-state index contributed by atoms with van der Waals surface area (Å²) in [5.74, 6) is -0.0774. The van der Waals surface area contributed by atoms with Crippen LogP contribution in [0.4, 0.5) is 4.79 Å². The average molecular weight is 213 g/mol. The van der Waals surface area contributed by atoms with Gasteiger partial charge in [-0.15, -0.1) is 0 Å². The lowest BCUT2D eigenvalue weighted by molar-refractivity contribution is -0.122. The number of hydrogen-bond donors (Lipinski definition) is 3. The third-order valence-electron chi connectivity index (χ3n) is 2.26. The maximum Gasteiger partial charge on any atom is 0.315 e. The summed E-state index contributed by atoms with van der Waals surface area (Å²) >= 11 is 0. The molecule has 0 aliphatic carbocycles. The van der Waals surface area contributed by atoms with Gasteiger partial charge < -0.3 is 16.0 Å². The van der Waals surface area contributed by atoms with Crippen molar-refractivity contribution in [2.75, 3.05) is 6.54 Å². The van der Waals surface area contributed by atoms with Crippen molar-refractivity contribution in [3.8, 4) is 0 Å². The Morgan fingerprint density at radius 3 is 2.87 bits per heavy atom. The predicted octanol–water partition coefficient (Wildman–Crippen LogP) is 0.363. The van der Waals surface area contributed by atoms with Crippen molar-refractivity contribution in [3.63, 3.8) is 0 Å². The van der Waals surface area contributed by atoms with E-state index in [4.69, 9.17) is 0 Å². The number of amides is 3. The van der Waals surface area contributed by atoms with Crippen LogP contribution >= 0.6 is 0 Å². The zero-order valence-corrected chi connectivity index (χ0v) is 9.30. The molecule has 1 aliphatic heterocycles. The van der Waals surface area contributed by atoms with Crippen LogP contribution in [0.15, 0.2) is 0 Å². The second-order valence-corrected chi connectivity index (χ2v) is 4.11. The Balaban J connectivity index is 2.41. The monoisotopic (exact) mass is 213 g/mol. The van der Waals surface area contributed by atoms with E-state index in [2.05, 4.69) is 16.0 Å². The minimum atomic E-state index is -0.383. The minimum Gasteiger partial charge on any atom is -0.354 e. The maximum absolute atomic E-state index is 11.5. The van der Waals surface area contributed by atoms with Crippen molar-refractivity contribution in [3.05, 3.63) is 0 Å². The van der Waals surface area contributed by atoms with Gasteiger partial charge in [-0.05, 0) is 33.1 Å². The second kappa shape index (κ2) is 5.58. The van der Waals surface area contributed by atoms with E-state index in [1.54, 1.807) is 0 Å². The highest BCUT2D eigenvalue weighted by Gasteiger charge is 2.22. The SMILES string of the molecule is CC(C)NC(=O)NC1CCCCNC1=O. The molecule has 86 valence electrons. The molecule has 1 aliphatic rings. The molecular formula is C10H19N3O2. The molecule has 1 saturated heterocycles. The lowest BCUT2D eigenvalue weighted by Gasteiger charge is -2.16. The van der Waals surface area contributed by atoms with Crippen LogP contribution < -0.4 is 16.0 Å². The Kier molecular flexibility index (Phi) is 4.39. The molecule has 0 aromatic heterocycles. The first-order valence-corrected chi connectivity index (χ1v) is 5.44. The smallest absolute Gasteiger partial charge is 0.315 e. The van der Waals surface area contributed by atoms with Gasteiger partial charge in [-0.25, -0.2) is 4.79 Å². The van der Waals surface area contributed by atoms with Crippen LogP contribution in [-0.4, -0.2) is 30.6 Å². The maximum atomic E-state index is 11.5. The molecule has 1 unspecified atom stereocenters. The number of carbonyl (C=O) groups excluding carboxylic acids is 2. The van der Waals surface area contributed by atoms with Gasteiger partial charge in [-0.1, -0.05) is 0 Å². The van der Waals surface area contributed by atoms with Crippen LogP contribution in [0.1, 0.15) is 33.1 Å². The number of carbonyl (C=O) groups is 2. The van der Waals surface area contributed by atoms with Gasteiger partial charge in [-0.3, -0.25) is 4.79 Å². The van der Waals surface area contributed by atoms with E-state index in [1.807, 2.05) is 13.8 Å². The standard InChI is InChI=1S/C10H19N3O2/c1-7(2)12-10(15)13-8-5-3-4-6-11-9(8)14/h7-8H,3-6H2,1-2H3,(H,11,14)(H2,12,13,15). The van der Waals surface area contributed by atoms with Gasteiger partial charge in [0.15, 0.2) is 0 Å². The first-order valence-electron chi connectivity index (χ1n) is 5.44. The second-order valence-electron chi connectivity index (χ2n) is 4.11. The van der Waals surface area contributed by atoms with Gasteiger partial charge in [0.25, 0.3) is 0 Å². The third kappa shape index (κ3) is 4.18. The van der Waals surface area contributed by atoms with Gasteiger partial charge in [-0.2, -0.15) is 0 Å². The first kappa shape index (κ1) is 11.8. The van der Waals surface area contributed by atoms with Crippen molar-refractivity contribution in [2.24, 2.45) is 0 Å². The number of urea groups is 1. The van der Waals surface area contributed by atoms with Crippen molar-refractivity contribution in [1.29, 1.82) is 0 Å². The van der Waals surface area contributed by atoms with Crippen molar-refractivity contribution in [2.45, 2.75) is 45.2 Å². The molecule has 0 bridgehead atoms. The largest absolute Gasteiger partial charge is 0.354 e. The summed E-state index contributed by atoms with van der Waals surface area (Å²) in [5, 5.41) is 8.15. The van der Waals surface area contributed by atoms with Crippen LogP contribution in [0.5, 0.6) is 0 Å². The summed E-state index contributed by atoms with van der Waals surface area (Å²) in [4.78, 5) is 22.9. The number of nitrogens with one attached hydrogen (secondary N) is 3. The molecule has 1 rings (SSSR count). The van der Waals surface area contributed by atoms with Gasteiger partial charge >= 0.3 is 6.03 Å². The molecule has 1 heterocycles. The fourth-order valence-corrected chi connectivity index (χ4v) is 1.54. The van der Waals surface area contributed by atoms with Gasteiger partial charge in [0.1, 0.15) is 6.04 Å². The summed E-state index contributed by atoms with van der Waals surface area (Å²) in [6, 6.07) is -0.572. The summed E-state index contributed by atoms with van der Waals surface area (Å²) in [6.07, 6.45) is 2.67. The molecule has 1 fully saturated rings. The molecule has 3 N–H and O–H groups in total. The van der Waals surface area contributed by atoms with Crippen LogP contribution in [0.25, 0.3) is 0 Å². The lowest BCUT2D eigenvalue weighted by atomic mass is 10.1. The topological polar surface area (TPSA) is 70.2 Å². The molecule has 0 saturated carbocycles.